The molecule has 0 amide bonds. The first-order valence-corrected chi connectivity index (χ1v) is 6.11. The Bertz CT molecular complexity index is 323. The molecule has 0 saturated carbocycles. The van der Waals surface area contributed by atoms with E-state index in [0.29, 0.717) is 0 Å². The second-order valence-electron chi connectivity index (χ2n) is 7.36. The lowest BCUT2D eigenvalue weighted by Crippen LogP contribution is -2.61. The second-order valence-corrected chi connectivity index (χ2v) is 7.36. The molecule has 0 bridgehead atoms. The average Bonchev–Trinajstić information content (AvgIpc) is 2.10. The van der Waals surface area contributed by atoms with Gasteiger partial charge in [0.25, 0.3) is 0 Å². The van der Waals surface area contributed by atoms with Crippen LogP contribution in [-0.2, 0) is 9.59 Å². The predicted molar refractivity (Wildman–Crippen MR) is 70.4 cm³/mol. The van der Waals surface area contributed by atoms with Crippen LogP contribution in [0.25, 0.3) is 0 Å². The van der Waals surface area contributed by atoms with Crippen LogP contribution < -0.4 is 0 Å². The SMILES string of the molecule is CC(C)(C)C(C)(C(=O)O)C(C)(C(=O)O)C(C)(C)C. The smallest absolute Gasteiger partial charge is 0.311 e. The zero-order valence-electron chi connectivity index (χ0n) is 12.7. The predicted octanol–water partition coefficient (Wildman–Crippen LogP) is 3.26. The fourth-order valence-corrected chi connectivity index (χ4v) is 2.57. The second kappa shape index (κ2) is 4.25. The van der Waals surface area contributed by atoms with Gasteiger partial charge in [0.05, 0.1) is 10.8 Å². The minimum atomic E-state index is -1.38. The third-order valence-corrected chi connectivity index (χ3v) is 4.86. The Morgan fingerprint density at radius 3 is 0.833 bits per heavy atom. The van der Waals surface area contributed by atoms with Gasteiger partial charge in [-0.05, 0) is 24.7 Å². The molecule has 0 fully saturated rings. The summed E-state index contributed by atoms with van der Waals surface area (Å²) in [6, 6.07) is 0. The Hall–Kier alpha value is -1.06. The van der Waals surface area contributed by atoms with E-state index in [1.807, 2.05) is 0 Å². The molecule has 2 unspecified atom stereocenters. The van der Waals surface area contributed by atoms with Crippen molar-refractivity contribution >= 4 is 11.9 Å². The number of hydrogen-bond donors (Lipinski definition) is 2. The van der Waals surface area contributed by atoms with Crippen molar-refractivity contribution < 1.29 is 19.8 Å². The van der Waals surface area contributed by atoms with Gasteiger partial charge in [-0.15, -0.1) is 0 Å². The molecule has 0 aromatic heterocycles. The number of rotatable bonds is 3. The summed E-state index contributed by atoms with van der Waals surface area (Å²) in [7, 11) is 0. The van der Waals surface area contributed by atoms with Crippen LogP contribution >= 0.6 is 0 Å². The van der Waals surface area contributed by atoms with Crippen molar-refractivity contribution in [1.29, 1.82) is 0 Å². The summed E-state index contributed by atoms with van der Waals surface area (Å²) in [6.07, 6.45) is 0. The van der Waals surface area contributed by atoms with Crippen LogP contribution in [0.4, 0.5) is 0 Å². The molecule has 0 aliphatic carbocycles. The Balaban J connectivity index is 6.37. The number of hydrogen-bond acceptors (Lipinski definition) is 2. The minimum Gasteiger partial charge on any atom is -0.481 e. The molecular weight excluding hydrogens is 232 g/mol. The van der Waals surface area contributed by atoms with E-state index in [2.05, 4.69) is 0 Å². The third-order valence-electron chi connectivity index (χ3n) is 4.86. The fourth-order valence-electron chi connectivity index (χ4n) is 2.57. The minimum absolute atomic E-state index is 0.681. The molecule has 106 valence electrons. The molecule has 0 heterocycles. The van der Waals surface area contributed by atoms with Crippen molar-refractivity contribution in [2.75, 3.05) is 0 Å². The molecule has 4 heteroatoms. The van der Waals surface area contributed by atoms with E-state index >= 15 is 0 Å². The lowest BCUT2D eigenvalue weighted by molar-refractivity contribution is -0.196. The lowest BCUT2D eigenvalue weighted by atomic mass is 9.46. The summed E-state index contributed by atoms with van der Waals surface area (Å²) < 4.78 is 0. The van der Waals surface area contributed by atoms with Gasteiger partial charge in [-0.2, -0.15) is 0 Å². The van der Waals surface area contributed by atoms with Crippen molar-refractivity contribution in [2.24, 2.45) is 21.7 Å². The van der Waals surface area contributed by atoms with Crippen LogP contribution in [0.15, 0.2) is 0 Å². The van der Waals surface area contributed by atoms with Gasteiger partial charge < -0.3 is 10.2 Å². The molecule has 2 N–H and O–H groups in total. The van der Waals surface area contributed by atoms with Crippen LogP contribution in [0.1, 0.15) is 55.4 Å². The average molecular weight is 258 g/mol. The first-order chi connectivity index (χ1) is 7.64. The van der Waals surface area contributed by atoms with Gasteiger partial charge in [0, 0.05) is 0 Å². The van der Waals surface area contributed by atoms with Crippen molar-refractivity contribution in [3.63, 3.8) is 0 Å². The largest absolute Gasteiger partial charge is 0.481 e. The van der Waals surface area contributed by atoms with Crippen molar-refractivity contribution in [2.45, 2.75) is 55.4 Å². The van der Waals surface area contributed by atoms with E-state index < -0.39 is 33.6 Å². The van der Waals surface area contributed by atoms with Crippen LogP contribution in [-0.4, -0.2) is 22.2 Å². The van der Waals surface area contributed by atoms with E-state index in [0.717, 1.165) is 0 Å². The summed E-state index contributed by atoms with van der Waals surface area (Å²) in [5.74, 6) is -2.15. The topological polar surface area (TPSA) is 74.6 Å². The first-order valence-electron chi connectivity index (χ1n) is 6.11. The monoisotopic (exact) mass is 258 g/mol. The molecule has 18 heavy (non-hydrogen) atoms. The fraction of sp³-hybridized carbons (Fsp3) is 0.857. The summed E-state index contributed by atoms with van der Waals surface area (Å²) >= 11 is 0. The molecule has 0 radical (unpaired) electrons. The Labute approximate surface area is 109 Å². The van der Waals surface area contributed by atoms with Gasteiger partial charge in [-0.3, -0.25) is 9.59 Å². The van der Waals surface area contributed by atoms with Crippen molar-refractivity contribution in [1.82, 2.24) is 0 Å². The molecule has 0 saturated heterocycles. The highest BCUT2D eigenvalue weighted by Gasteiger charge is 2.65. The highest BCUT2D eigenvalue weighted by molar-refractivity contribution is 5.87. The van der Waals surface area contributed by atoms with Crippen LogP contribution in [0, 0.1) is 21.7 Å². The summed E-state index contributed by atoms with van der Waals surface area (Å²) in [5, 5.41) is 19.3. The van der Waals surface area contributed by atoms with E-state index in [1.54, 1.807) is 41.5 Å². The molecular formula is C14H26O4. The quantitative estimate of drug-likeness (QED) is 0.814. The van der Waals surface area contributed by atoms with Crippen LogP contribution in [0.2, 0.25) is 0 Å². The molecule has 0 rings (SSSR count). The van der Waals surface area contributed by atoms with E-state index in [1.165, 1.54) is 13.8 Å². The van der Waals surface area contributed by atoms with E-state index in [9.17, 15) is 19.8 Å². The highest BCUT2D eigenvalue weighted by atomic mass is 16.4. The van der Waals surface area contributed by atoms with Gasteiger partial charge in [-0.25, -0.2) is 0 Å². The number of carboxylic acid groups (broad SMARTS) is 2. The molecule has 4 nitrogen and oxygen atoms in total. The highest BCUT2D eigenvalue weighted by Crippen LogP contribution is 2.59. The van der Waals surface area contributed by atoms with E-state index in [-0.39, 0.29) is 0 Å². The Morgan fingerprint density at radius 1 is 0.611 bits per heavy atom. The lowest BCUT2D eigenvalue weighted by Gasteiger charge is -2.54. The van der Waals surface area contributed by atoms with Crippen LogP contribution in [0.5, 0.6) is 0 Å². The summed E-state index contributed by atoms with van der Waals surface area (Å²) in [4.78, 5) is 23.6. The van der Waals surface area contributed by atoms with Gasteiger partial charge in [-0.1, -0.05) is 41.5 Å². The molecule has 0 spiro atoms. The normalized spacial score (nSPS) is 19.8. The van der Waals surface area contributed by atoms with Crippen molar-refractivity contribution in [3.8, 4) is 0 Å². The summed E-state index contributed by atoms with van der Waals surface area (Å²) in [5.41, 5.74) is -4.13. The van der Waals surface area contributed by atoms with Gasteiger partial charge in [0.1, 0.15) is 0 Å². The molecule has 0 aliphatic rings. The standard InChI is InChI=1S/C14H26O4/c1-11(2,3)13(7,9(15)16)14(8,10(17)18)12(4,5)6/h1-8H3,(H,15,16)(H,17,18). The molecule has 2 atom stereocenters. The third kappa shape index (κ3) is 2.02. The zero-order valence-corrected chi connectivity index (χ0v) is 12.7. The molecule has 0 aliphatic heterocycles. The maximum atomic E-state index is 11.8. The van der Waals surface area contributed by atoms with Gasteiger partial charge >= 0.3 is 11.9 Å². The van der Waals surface area contributed by atoms with Gasteiger partial charge in [0.15, 0.2) is 0 Å². The van der Waals surface area contributed by atoms with E-state index in [4.69, 9.17) is 0 Å². The van der Waals surface area contributed by atoms with Gasteiger partial charge in [0.2, 0.25) is 0 Å². The Kier molecular flexibility index (Phi) is 4.00. The maximum Gasteiger partial charge on any atom is 0.311 e. The Morgan fingerprint density at radius 2 is 0.778 bits per heavy atom. The number of carboxylic acids is 2. The molecule has 0 aromatic carbocycles. The summed E-state index contributed by atoms with van der Waals surface area (Å²) in [6.45, 7) is 13.7. The first kappa shape index (κ1) is 16.9. The van der Waals surface area contributed by atoms with Crippen molar-refractivity contribution in [3.05, 3.63) is 0 Å². The zero-order chi connectivity index (χ0) is 15.2. The van der Waals surface area contributed by atoms with Crippen LogP contribution in [0.3, 0.4) is 0 Å². The number of carbonyl (C=O) groups is 2. The maximum absolute atomic E-state index is 11.8. The molecule has 0 aromatic rings. The number of aliphatic carboxylic acids is 2.